The number of hydrogen-bond acceptors (Lipinski definition) is 3. The standard InChI is InChI=1S/C9H9ClN4/c1-2-7-3-4-8(5-9(7)10)14-6-11-12-13-14/h3-6H,2H2,1H3. The van der Waals surface area contributed by atoms with Gasteiger partial charge < -0.3 is 0 Å². The quantitative estimate of drug-likeness (QED) is 0.757. The van der Waals surface area contributed by atoms with Crippen LogP contribution in [-0.2, 0) is 6.42 Å². The van der Waals surface area contributed by atoms with E-state index in [2.05, 4.69) is 22.4 Å². The smallest absolute Gasteiger partial charge is 0.143 e. The van der Waals surface area contributed by atoms with Gasteiger partial charge in [-0.2, -0.15) is 0 Å². The molecule has 2 aromatic rings. The highest BCUT2D eigenvalue weighted by molar-refractivity contribution is 6.31. The summed E-state index contributed by atoms with van der Waals surface area (Å²) in [5, 5.41) is 11.7. The highest BCUT2D eigenvalue weighted by Crippen LogP contribution is 2.19. The van der Waals surface area contributed by atoms with Gasteiger partial charge in [-0.1, -0.05) is 24.6 Å². The zero-order chi connectivity index (χ0) is 9.97. The third-order valence-corrected chi connectivity index (χ3v) is 2.38. The lowest BCUT2D eigenvalue weighted by Crippen LogP contribution is -1.95. The highest BCUT2D eigenvalue weighted by Gasteiger charge is 2.02. The first-order chi connectivity index (χ1) is 6.81. The van der Waals surface area contributed by atoms with Crippen LogP contribution in [0.4, 0.5) is 0 Å². The fourth-order valence-corrected chi connectivity index (χ4v) is 1.55. The molecule has 0 N–H and O–H groups in total. The number of rotatable bonds is 2. The van der Waals surface area contributed by atoms with Crippen molar-refractivity contribution in [1.82, 2.24) is 20.2 Å². The number of tetrazole rings is 1. The first-order valence-electron chi connectivity index (χ1n) is 4.33. The van der Waals surface area contributed by atoms with Gasteiger partial charge in [0.25, 0.3) is 0 Å². The SMILES string of the molecule is CCc1ccc(-n2cnnn2)cc1Cl. The molecule has 0 saturated heterocycles. The number of halogens is 1. The van der Waals surface area contributed by atoms with Gasteiger partial charge in [0.1, 0.15) is 6.33 Å². The van der Waals surface area contributed by atoms with Crippen molar-refractivity contribution in [2.45, 2.75) is 13.3 Å². The van der Waals surface area contributed by atoms with E-state index in [0.29, 0.717) is 0 Å². The van der Waals surface area contributed by atoms with Crippen LogP contribution in [-0.4, -0.2) is 20.2 Å². The molecule has 0 aliphatic heterocycles. The Balaban J connectivity index is 2.43. The fraction of sp³-hybridized carbons (Fsp3) is 0.222. The van der Waals surface area contributed by atoms with Crippen LogP contribution in [0.3, 0.4) is 0 Å². The molecular formula is C9H9ClN4. The Morgan fingerprint density at radius 1 is 1.43 bits per heavy atom. The first-order valence-corrected chi connectivity index (χ1v) is 4.71. The van der Waals surface area contributed by atoms with Crippen molar-refractivity contribution in [3.8, 4) is 5.69 Å². The van der Waals surface area contributed by atoms with Gasteiger partial charge in [-0.3, -0.25) is 0 Å². The molecular weight excluding hydrogens is 200 g/mol. The van der Waals surface area contributed by atoms with Crippen LogP contribution < -0.4 is 0 Å². The summed E-state index contributed by atoms with van der Waals surface area (Å²) in [5.41, 5.74) is 2.00. The molecule has 0 aliphatic rings. The van der Waals surface area contributed by atoms with E-state index in [0.717, 1.165) is 22.7 Å². The number of nitrogens with zero attached hydrogens (tertiary/aromatic N) is 4. The summed E-state index contributed by atoms with van der Waals surface area (Å²) in [6.45, 7) is 2.07. The van der Waals surface area contributed by atoms with Crippen molar-refractivity contribution in [1.29, 1.82) is 0 Å². The van der Waals surface area contributed by atoms with Crippen molar-refractivity contribution in [3.63, 3.8) is 0 Å². The minimum absolute atomic E-state index is 0.750. The average molecular weight is 209 g/mol. The third kappa shape index (κ3) is 1.61. The van der Waals surface area contributed by atoms with E-state index < -0.39 is 0 Å². The molecule has 2 rings (SSSR count). The molecule has 72 valence electrons. The normalized spacial score (nSPS) is 10.4. The molecule has 0 aliphatic carbocycles. The van der Waals surface area contributed by atoms with Crippen molar-refractivity contribution < 1.29 is 0 Å². The summed E-state index contributed by atoms with van der Waals surface area (Å²) in [7, 11) is 0. The summed E-state index contributed by atoms with van der Waals surface area (Å²) in [6.07, 6.45) is 2.46. The topological polar surface area (TPSA) is 43.6 Å². The van der Waals surface area contributed by atoms with Crippen molar-refractivity contribution in [3.05, 3.63) is 35.1 Å². The lowest BCUT2D eigenvalue weighted by molar-refractivity contribution is 0.788. The molecule has 14 heavy (non-hydrogen) atoms. The van der Waals surface area contributed by atoms with E-state index in [1.54, 1.807) is 4.68 Å². The summed E-state index contributed by atoms with van der Waals surface area (Å²) in [5.74, 6) is 0. The van der Waals surface area contributed by atoms with Crippen LogP contribution >= 0.6 is 11.6 Å². The maximum absolute atomic E-state index is 6.06. The van der Waals surface area contributed by atoms with Crippen molar-refractivity contribution in [2.75, 3.05) is 0 Å². The minimum Gasteiger partial charge on any atom is -0.201 e. The van der Waals surface area contributed by atoms with Gasteiger partial charge in [-0.05, 0) is 34.5 Å². The summed E-state index contributed by atoms with van der Waals surface area (Å²) in [4.78, 5) is 0. The number of benzene rings is 1. The summed E-state index contributed by atoms with van der Waals surface area (Å²) < 4.78 is 1.57. The first kappa shape index (κ1) is 9.15. The molecule has 5 heteroatoms. The largest absolute Gasteiger partial charge is 0.201 e. The van der Waals surface area contributed by atoms with Crippen LogP contribution in [0.15, 0.2) is 24.5 Å². The van der Waals surface area contributed by atoms with Gasteiger partial charge in [0.15, 0.2) is 0 Å². The maximum Gasteiger partial charge on any atom is 0.143 e. The fourth-order valence-electron chi connectivity index (χ4n) is 1.25. The van der Waals surface area contributed by atoms with E-state index in [-0.39, 0.29) is 0 Å². The Labute approximate surface area is 86.5 Å². The third-order valence-electron chi connectivity index (χ3n) is 2.03. The zero-order valence-corrected chi connectivity index (χ0v) is 8.44. The molecule has 0 bridgehead atoms. The predicted octanol–water partition coefficient (Wildman–Crippen LogP) is 1.88. The second-order valence-corrected chi connectivity index (χ2v) is 3.29. The molecule has 0 unspecified atom stereocenters. The molecule has 1 aromatic carbocycles. The lowest BCUT2D eigenvalue weighted by Gasteiger charge is -2.03. The molecule has 1 heterocycles. The molecule has 0 fully saturated rings. The molecule has 0 atom stereocenters. The Bertz CT molecular complexity index is 424. The number of aryl methyl sites for hydroxylation is 1. The van der Waals surface area contributed by atoms with Crippen LogP contribution in [0.25, 0.3) is 5.69 Å². The molecule has 4 nitrogen and oxygen atoms in total. The van der Waals surface area contributed by atoms with Gasteiger partial charge in [0.05, 0.1) is 5.69 Å². The summed E-state index contributed by atoms with van der Waals surface area (Å²) in [6, 6.07) is 5.79. The molecule has 0 spiro atoms. The predicted molar refractivity (Wildman–Crippen MR) is 53.5 cm³/mol. The minimum atomic E-state index is 0.750. The van der Waals surface area contributed by atoms with Gasteiger partial charge >= 0.3 is 0 Å². The number of hydrogen-bond donors (Lipinski definition) is 0. The Morgan fingerprint density at radius 3 is 2.86 bits per heavy atom. The van der Waals surface area contributed by atoms with Crippen LogP contribution in [0.2, 0.25) is 5.02 Å². The Morgan fingerprint density at radius 2 is 2.29 bits per heavy atom. The van der Waals surface area contributed by atoms with Gasteiger partial charge in [0, 0.05) is 5.02 Å². The van der Waals surface area contributed by atoms with Gasteiger partial charge in [-0.15, -0.1) is 5.10 Å². The van der Waals surface area contributed by atoms with E-state index in [9.17, 15) is 0 Å². The molecule has 0 radical (unpaired) electrons. The van der Waals surface area contributed by atoms with E-state index in [1.807, 2.05) is 18.2 Å². The summed E-state index contributed by atoms with van der Waals surface area (Å²) >= 11 is 6.06. The molecule has 0 amide bonds. The maximum atomic E-state index is 6.06. The molecule has 0 saturated carbocycles. The second kappa shape index (κ2) is 3.75. The van der Waals surface area contributed by atoms with Gasteiger partial charge in [-0.25, -0.2) is 4.68 Å². The number of aromatic nitrogens is 4. The molecule has 1 aromatic heterocycles. The van der Waals surface area contributed by atoms with Crippen molar-refractivity contribution in [2.24, 2.45) is 0 Å². The van der Waals surface area contributed by atoms with Crippen LogP contribution in [0, 0.1) is 0 Å². The second-order valence-electron chi connectivity index (χ2n) is 2.88. The lowest BCUT2D eigenvalue weighted by atomic mass is 10.1. The van der Waals surface area contributed by atoms with Crippen molar-refractivity contribution >= 4 is 11.6 Å². The van der Waals surface area contributed by atoms with E-state index in [4.69, 9.17) is 11.6 Å². The Kier molecular flexibility index (Phi) is 2.45. The Hall–Kier alpha value is -1.42. The van der Waals surface area contributed by atoms with Crippen LogP contribution in [0.1, 0.15) is 12.5 Å². The zero-order valence-electron chi connectivity index (χ0n) is 7.68. The van der Waals surface area contributed by atoms with E-state index in [1.165, 1.54) is 6.33 Å². The van der Waals surface area contributed by atoms with Crippen LogP contribution in [0.5, 0.6) is 0 Å². The van der Waals surface area contributed by atoms with E-state index >= 15 is 0 Å². The average Bonchev–Trinajstić information content (AvgIpc) is 2.70. The monoisotopic (exact) mass is 208 g/mol. The highest BCUT2D eigenvalue weighted by atomic mass is 35.5. The van der Waals surface area contributed by atoms with Gasteiger partial charge in [0.2, 0.25) is 0 Å².